The molecule has 1 aliphatic carbocycles. The summed E-state index contributed by atoms with van der Waals surface area (Å²) in [4.78, 5) is 12.5. The quantitative estimate of drug-likeness (QED) is 0.759. The number of hydrogen-bond donors (Lipinski definition) is 0. The van der Waals surface area contributed by atoms with Crippen molar-refractivity contribution in [3.8, 4) is 0 Å². The molecule has 2 nitrogen and oxygen atoms in total. The molecular weight excluding hydrogens is 262 g/mol. The van der Waals surface area contributed by atoms with Gasteiger partial charge < -0.3 is 4.74 Å². The van der Waals surface area contributed by atoms with Gasteiger partial charge in [-0.25, -0.2) is 8.78 Å². The van der Waals surface area contributed by atoms with Gasteiger partial charge in [0.25, 0.3) is 0 Å². The fourth-order valence-electron chi connectivity index (χ4n) is 2.90. The van der Waals surface area contributed by atoms with E-state index >= 15 is 0 Å². The second-order valence-electron chi connectivity index (χ2n) is 5.30. The summed E-state index contributed by atoms with van der Waals surface area (Å²) >= 11 is 0. The first-order valence-electron chi connectivity index (χ1n) is 7.23. The molecule has 0 aliphatic heterocycles. The van der Waals surface area contributed by atoms with E-state index in [0.29, 0.717) is 6.61 Å². The molecule has 1 aliphatic rings. The summed E-state index contributed by atoms with van der Waals surface area (Å²) in [6.07, 6.45) is 4.64. The third-order valence-corrected chi connectivity index (χ3v) is 3.83. The predicted molar refractivity (Wildman–Crippen MR) is 72.7 cm³/mol. The molecule has 0 aromatic heterocycles. The summed E-state index contributed by atoms with van der Waals surface area (Å²) in [5.74, 6) is -1.61. The Morgan fingerprint density at radius 1 is 1.20 bits per heavy atom. The normalized spacial score (nSPS) is 17.9. The number of carbonyl (C=O) groups excluding carboxylic acids is 1. The molecule has 1 fully saturated rings. The molecule has 1 saturated carbocycles. The molecule has 4 heteroatoms. The summed E-state index contributed by atoms with van der Waals surface area (Å²) in [6.45, 7) is 2.25. The average Bonchev–Trinajstić information content (AvgIpc) is 2.44. The molecule has 2 rings (SSSR count). The monoisotopic (exact) mass is 282 g/mol. The van der Waals surface area contributed by atoms with Crippen LogP contribution in [-0.2, 0) is 4.74 Å². The van der Waals surface area contributed by atoms with Gasteiger partial charge in [0, 0.05) is 18.2 Å². The van der Waals surface area contributed by atoms with Crippen molar-refractivity contribution in [3.05, 3.63) is 35.4 Å². The van der Waals surface area contributed by atoms with Crippen molar-refractivity contribution in [2.75, 3.05) is 6.61 Å². The number of hydrogen-bond acceptors (Lipinski definition) is 2. The molecule has 1 unspecified atom stereocenters. The molecule has 0 radical (unpaired) electrons. The molecular formula is C16H20F2O2. The molecule has 20 heavy (non-hydrogen) atoms. The van der Waals surface area contributed by atoms with Crippen LogP contribution < -0.4 is 0 Å². The lowest BCUT2D eigenvalue weighted by Gasteiger charge is -2.29. The Morgan fingerprint density at radius 2 is 1.80 bits per heavy atom. The van der Waals surface area contributed by atoms with E-state index in [0.717, 1.165) is 43.9 Å². The Labute approximate surface area is 118 Å². The van der Waals surface area contributed by atoms with Gasteiger partial charge in [-0.2, -0.15) is 0 Å². The van der Waals surface area contributed by atoms with Gasteiger partial charge in [-0.3, -0.25) is 4.79 Å². The maximum atomic E-state index is 13.2. The van der Waals surface area contributed by atoms with Gasteiger partial charge in [0.2, 0.25) is 0 Å². The number of carbonyl (C=O) groups is 1. The van der Waals surface area contributed by atoms with E-state index in [2.05, 4.69) is 0 Å². The third kappa shape index (κ3) is 3.63. The fourth-order valence-corrected chi connectivity index (χ4v) is 2.90. The zero-order valence-electron chi connectivity index (χ0n) is 11.7. The topological polar surface area (TPSA) is 26.3 Å². The average molecular weight is 282 g/mol. The van der Waals surface area contributed by atoms with Crippen LogP contribution in [0.5, 0.6) is 0 Å². The summed E-state index contributed by atoms with van der Waals surface area (Å²) in [7, 11) is 0. The van der Waals surface area contributed by atoms with Crippen molar-refractivity contribution in [1.82, 2.24) is 0 Å². The Bertz CT molecular complexity index is 447. The van der Waals surface area contributed by atoms with Gasteiger partial charge in [0.1, 0.15) is 17.7 Å². The first-order valence-corrected chi connectivity index (χ1v) is 7.23. The molecule has 0 N–H and O–H groups in total. The zero-order chi connectivity index (χ0) is 14.5. The van der Waals surface area contributed by atoms with Crippen LogP contribution in [0.15, 0.2) is 18.2 Å². The highest BCUT2D eigenvalue weighted by Crippen LogP contribution is 2.30. The van der Waals surface area contributed by atoms with Crippen LogP contribution in [0.1, 0.15) is 49.4 Å². The second kappa shape index (κ2) is 6.93. The maximum absolute atomic E-state index is 13.2. The number of ketones is 1. The predicted octanol–water partition coefficient (Wildman–Crippen LogP) is 4.13. The molecule has 0 saturated heterocycles. The summed E-state index contributed by atoms with van der Waals surface area (Å²) in [5, 5.41) is 0. The Morgan fingerprint density at radius 3 is 2.35 bits per heavy atom. The highest BCUT2D eigenvalue weighted by molar-refractivity contribution is 5.99. The van der Waals surface area contributed by atoms with Crippen LogP contribution in [0.2, 0.25) is 0 Å². The minimum Gasteiger partial charge on any atom is -0.370 e. The van der Waals surface area contributed by atoms with E-state index in [1.807, 2.05) is 6.92 Å². The summed E-state index contributed by atoms with van der Waals surface area (Å²) in [5.41, 5.74) is 0.0616. The van der Waals surface area contributed by atoms with E-state index in [1.165, 1.54) is 6.42 Å². The van der Waals surface area contributed by atoms with Crippen LogP contribution >= 0.6 is 0 Å². The molecule has 0 heterocycles. The van der Waals surface area contributed by atoms with Crippen LogP contribution in [0, 0.1) is 17.6 Å². The molecule has 0 spiro atoms. The zero-order valence-corrected chi connectivity index (χ0v) is 11.7. The number of rotatable bonds is 5. The minimum atomic E-state index is -0.729. The van der Waals surface area contributed by atoms with E-state index in [-0.39, 0.29) is 17.3 Å². The lowest BCUT2D eigenvalue weighted by Crippen LogP contribution is -2.34. The second-order valence-corrected chi connectivity index (χ2v) is 5.30. The fraction of sp³-hybridized carbons (Fsp3) is 0.562. The van der Waals surface area contributed by atoms with Crippen molar-refractivity contribution in [2.24, 2.45) is 5.92 Å². The first-order chi connectivity index (χ1) is 9.61. The molecule has 0 bridgehead atoms. The molecule has 1 aromatic carbocycles. The number of benzene rings is 1. The van der Waals surface area contributed by atoms with Crippen molar-refractivity contribution in [2.45, 2.75) is 45.1 Å². The minimum absolute atomic E-state index is 0.0616. The Balaban J connectivity index is 2.20. The van der Waals surface area contributed by atoms with E-state index in [1.54, 1.807) is 0 Å². The molecule has 0 amide bonds. The smallest absolute Gasteiger partial charge is 0.192 e. The van der Waals surface area contributed by atoms with Crippen LogP contribution in [0.25, 0.3) is 0 Å². The standard InChI is InChI=1S/C16H20F2O2/c1-2-20-16(11-6-4-3-5-7-11)15(19)12-8-13(17)10-14(18)9-12/h8-11,16H,2-7H2,1H3. The lowest BCUT2D eigenvalue weighted by molar-refractivity contribution is 0.0126. The highest BCUT2D eigenvalue weighted by Gasteiger charge is 2.31. The van der Waals surface area contributed by atoms with Gasteiger partial charge in [0.15, 0.2) is 5.78 Å². The highest BCUT2D eigenvalue weighted by atomic mass is 19.1. The van der Waals surface area contributed by atoms with Gasteiger partial charge in [0.05, 0.1) is 0 Å². The van der Waals surface area contributed by atoms with Gasteiger partial charge >= 0.3 is 0 Å². The maximum Gasteiger partial charge on any atom is 0.192 e. The largest absolute Gasteiger partial charge is 0.370 e. The van der Waals surface area contributed by atoms with Crippen molar-refractivity contribution < 1.29 is 18.3 Å². The van der Waals surface area contributed by atoms with Crippen molar-refractivity contribution in [3.63, 3.8) is 0 Å². The van der Waals surface area contributed by atoms with Gasteiger partial charge in [-0.1, -0.05) is 19.3 Å². The number of Topliss-reactive ketones (excluding diaryl/α,β-unsaturated/α-hetero) is 1. The van der Waals surface area contributed by atoms with E-state index in [9.17, 15) is 13.6 Å². The third-order valence-electron chi connectivity index (χ3n) is 3.83. The van der Waals surface area contributed by atoms with E-state index < -0.39 is 17.7 Å². The van der Waals surface area contributed by atoms with Crippen molar-refractivity contribution >= 4 is 5.78 Å². The van der Waals surface area contributed by atoms with Crippen LogP contribution in [0.3, 0.4) is 0 Å². The van der Waals surface area contributed by atoms with Gasteiger partial charge in [-0.05, 0) is 37.8 Å². The van der Waals surface area contributed by atoms with E-state index in [4.69, 9.17) is 4.74 Å². The molecule has 110 valence electrons. The van der Waals surface area contributed by atoms with Crippen LogP contribution in [-0.4, -0.2) is 18.5 Å². The Kier molecular flexibility index (Phi) is 5.24. The van der Waals surface area contributed by atoms with Crippen molar-refractivity contribution in [1.29, 1.82) is 0 Å². The number of ether oxygens (including phenoxy) is 1. The molecule has 1 aromatic rings. The first kappa shape index (κ1) is 15.1. The van der Waals surface area contributed by atoms with Gasteiger partial charge in [-0.15, -0.1) is 0 Å². The van der Waals surface area contributed by atoms with Crippen LogP contribution in [0.4, 0.5) is 8.78 Å². The SMILES string of the molecule is CCOC(C(=O)c1cc(F)cc(F)c1)C1CCCCC1. The number of halogens is 2. The lowest BCUT2D eigenvalue weighted by atomic mass is 9.82. The summed E-state index contributed by atoms with van der Waals surface area (Å²) < 4.78 is 32.1. The Hall–Kier alpha value is -1.29. The molecule has 1 atom stereocenters. The summed E-state index contributed by atoms with van der Waals surface area (Å²) in [6, 6.07) is 2.94.